The van der Waals surface area contributed by atoms with Crippen LogP contribution in [0.4, 0.5) is 0 Å². The van der Waals surface area contributed by atoms with Gasteiger partial charge in [0.1, 0.15) is 0 Å². The van der Waals surface area contributed by atoms with Crippen LogP contribution in [0.25, 0.3) is 0 Å². The third kappa shape index (κ3) is 5.38. The summed E-state index contributed by atoms with van der Waals surface area (Å²) in [5.41, 5.74) is 0.649. The van der Waals surface area contributed by atoms with Crippen LogP contribution in [-0.4, -0.2) is 24.5 Å². The van der Waals surface area contributed by atoms with Gasteiger partial charge in [0, 0.05) is 12.1 Å². The van der Waals surface area contributed by atoms with Gasteiger partial charge in [0.15, 0.2) is 0 Å². The van der Waals surface area contributed by atoms with Crippen molar-refractivity contribution in [2.45, 2.75) is 72.9 Å². The van der Waals surface area contributed by atoms with Crippen LogP contribution in [0.15, 0.2) is 0 Å². The summed E-state index contributed by atoms with van der Waals surface area (Å²) in [6.45, 7) is 13.8. The Balaban J connectivity index is 2.49. The molecule has 0 atom stereocenters. The number of carbonyl (C=O) groups is 1. The zero-order valence-corrected chi connectivity index (χ0v) is 12.9. The van der Waals surface area contributed by atoms with E-state index in [1.54, 1.807) is 0 Å². The molecule has 1 amide bonds. The van der Waals surface area contributed by atoms with Crippen LogP contribution in [0.5, 0.6) is 0 Å². The van der Waals surface area contributed by atoms with Crippen LogP contribution < -0.4 is 10.6 Å². The van der Waals surface area contributed by atoms with E-state index in [2.05, 4.69) is 52.2 Å². The predicted octanol–water partition coefficient (Wildman–Crippen LogP) is 2.71. The molecular weight excluding hydrogens is 224 g/mol. The van der Waals surface area contributed by atoms with Gasteiger partial charge in [-0.15, -0.1) is 0 Å². The molecule has 0 aromatic heterocycles. The highest BCUT2D eigenvalue weighted by atomic mass is 16.1. The summed E-state index contributed by atoms with van der Waals surface area (Å²) in [7, 11) is 0. The minimum Gasteiger partial charge on any atom is -0.352 e. The molecule has 1 aliphatic rings. The monoisotopic (exact) mass is 254 g/mol. The van der Waals surface area contributed by atoms with Gasteiger partial charge in [0.25, 0.3) is 0 Å². The van der Waals surface area contributed by atoms with Crippen LogP contribution in [0.3, 0.4) is 0 Å². The Morgan fingerprint density at radius 2 is 1.67 bits per heavy atom. The molecule has 0 aromatic carbocycles. The first kappa shape index (κ1) is 15.5. The lowest BCUT2D eigenvalue weighted by molar-refractivity contribution is -0.121. The van der Waals surface area contributed by atoms with Crippen LogP contribution in [0.1, 0.15) is 60.8 Å². The van der Waals surface area contributed by atoms with Crippen molar-refractivity contribution in [3.05, 3.63) is 0 Å². The molecule has 0 spiro atoms. The summed E-state index contributed by atoms with van der Waals surface area (Å²) in [6.07, 6.45) is 3.41. The van der Waals surface area contributed by atoms with E-state index in [1.165, 1.54) is 6.42 Å². The Bertz CT molecular complexity index is 279. The maximum absolute atomic E-state index is 11.9. The third-order valence-electron chi connectivity index (χ3n) is 3.59. The van der Waals surface area contributed by atoms with Crippen molar-refractivity contribution < 1.29 is 4.79 Å². The van der Waals surface area contributed by atoms with Crippen molar-refractivity contribution in [2.75, 3.05) is 6.54 Å². The van der Waals surface area contributed by atoms with Gasteiger partial charge < -0.3 is 10.6 Å². The largest absolute Gasteiger partial charge is 0.352 e. The van der Waals surface area contributed by atoms with Crippen LogP contribution in [0.2, 0.25) is 0 Å². The van der Waals surface area contributed by atoms with E-state index >= 15 is 0 Å². The zero-order valence-electron chi connectivity index (χ0n) is 12.9. The first-order valence-corrected chi connectivity index (χ1v) is 7.12. The Morgan fingerprint density at radius 3 is 2.11 bits per heavy atom. The minimum absolute atomic E-state index is 0.127. The molecule has 0 bridgehead atoms. The van der Waals surface area contributed by atoms with Gasteiger partial charge >= 0.3 is 0 Å². The van der Waals surface area contributed by atoms with Crippen LogP contribution in [0, 0.1) is 10.8 Å². The maximum Gasteiger partial charge on any atom is 0.234 e. The Kier molecular flexibility index (Phi) is 4.82. The summed E-state index contributed by atoms with van der Waals surface area (Å²) in [5, 5.41) is 6.35. The zero-order chi connectivity index (χ0) is 14.0. The average molecular weight is 254 g/mol. The number of amides is 1. The lowest BCUT2D eigenvalue weighted by Crippen LogP contribution is -2.48. The molecule has 0 heterocycles. The Morgan fingerprint density at radius 1 is 1.17 bits per heavy atom. The second kappa shape index (κ2) is 5.60. The Hall–Kier alpha value is -0.570. The summed E-state index contributed by atoms with van der Waals surface area (Å²) in [5.74, 6) is 0.127. The molecule has 0 saturated heterocycles. The van der Waals surface area contributed by atoms with E-state index in [0.717, 1.165) is 12.8 Å². The summed E-state index contributed by atoms with van der Waals surface area (Å²) < 4.78 is 0. The molecule has 1 fully saturated rings. The van der Waals surface area contributed by atoms with Crippen LogP contribution >= 0.6 is 0 Å². The average Bonchev–Trinajstić information content (AvgIpc) is 2.09. The van der Waals surface area contributed by atoms with E-state index < -0.39 is 0 Å². The number of hydrogen-bond acceptors (Lipinski definition) is 2. The van der Waals surface area contributed by atoms with Crippen molar-refractivity contribution in [1.29, 1.82) is 0 Å². The molecule has 3 nitrogen and oxygen atoms in total. The number of nitrogens with one attached hydrogen (secondary N) is 2. The molecule has 3 heteroatoms. The van der Waals surface area contributed by atoms with Crippen molar-refractivity contribution in [1.82, 2.24) is 10.6 Å². The van der Waals surface area contributed by atoms with Gasteiger partial charge in [-0.3, -0.25) is 4.79 Å². The van der Waals surface area contributed by atoms with Gasteiger partial charge in [-0.1, -0.05) is 41.5 Å². The third-order valence-corrected chi connectivity index (χ3v) is 3.59. The molecule has 0 unspecified atom stereocenters. The molecule has 18 heavy (non-hydrogen) atoms. The standard InChI is InChI=1S/C15H30N2O/c1-11(2)16-9-13(18)17-12-7-14(3,4)10-15(5,6)8-12/h11-12,16H,7-10H2,1-6H3,(H,17,18). The number of carbonyl (C=O) groups excluding carboxylic acids is 1. The van der Waals surface area contributed by atoms with E-state index in [4.69, 9.17) is 0 Å². The predicted molar refractivity (Wildman–Crippen MR) is 76.5 cm³/mol. The van der Waals surface area contributed by atoms with Gasteiger partial charge in [0.2, 0.25) is 5.91 Å². The summed E-state index contributed by atoms with van der Waals surface area (Å²) in [4.78, 5) is 11.9. The van der Waals surface area contributed by atoms with Gasteiger partial charge in [-0.25, -0.2) is 0 Å². The van der Waals surface area contributed by atoms with Crippen LogP contribution in [-0.2, 0) is 4.79 Å². The maximum atomic E-state index is 11.9. The quantitative estimate of drug-likeness (QED) is 0.810. The summed E-state index contributed by atoms with van der Waals surface area (Å²) >= 11 is 0. The van der Waals surface area contributed by atoms with Gasteiger partial charge in [0.05, 0.1) is 6.54 Å². The second-order valence-corrected chi connectivity index (χ2v) is 7.71. The fraction of sp³-hybridized carbons (Fsp3) is 0.933. The van der Waals surface area contributed by atoms with E-state index in [1.807, 2.05) is 0 Å². The molecule has 0 aromatic rings. The lowest BCUT2D eigenvalue weighted by Gasteiger charge is -2.45. The smallest absolute Gasteiger partial charge is 0.234 e. The first-order chi connectivity index (χ1) is 8.10. The minimum atomic E-state index is 0.127. The van der Waals surface area contributed by atoms with E-state index in [0.29, 0.717) is 29.5 Å². The molecule has 1 saturated carbocycles. The topological polar surface area (TPSA) is 41.1 Å². The Labute approximate surface area is 112 Å². The van der Waals surface area contributed by atoms with Crippen molar-refractivity contribution in [3.63, 3.8) is 0 Å². The molecule has 1 rings (SSSR count). The molecule has 2 N–H and O–H groups in total. The molecule has 106 valence electrons. The highest BCUT2D eigenvalue weighted by Crippen LogP contribution is 2.45. The lowest BCUT2D eigenvalue weighted by atomic mass is 9.63. The number of rotatable bonds is 4. The normalized spacial score (nSPS) is 23.1. The summed E-state index contributed by atoms with van der Waals surface area (Å²) in [6, 6.07) is 0.681. The van der Waals surface area contributed by atoms with Gasteiger partial charge in [-0.05, 0) is 30.1 Å². The highest BCUT2D eigenvalue weighted by Gasteiger charge is 2.38. The van der Waals surface area contributed by atoms with Crippen molar-refractivity contribution in [3.8, 4) is 0 Å². The van der Waals surface area contributed by atoms with Crippen molar-refractivity contribution in [2.24, 2.45) is 10.8 Å². The second-order valence-electron chi connectivity index (χ2n) is 7.71. The van der Waals surface area contributed by atoms with Gasteiger partial charge in [-0.2, -0.15) is 0 Å². The fourth-order valence-electron chi connectivity index (χ4n) is 3.52. The molecular formula is C15H30N2O. The SMILES string of the molecule is CC(C)NCC(=O)NC1CC(C)(C)CC(C)(C)C1. The van der Waals surface area contributed by atoms with Crippen molar-refractivity contribution >= 4 is 5.91 Å². The fourth-order valence-corrected chi connectivity index (χ4v) is 3.52. The molecule has 0 radical (unpaired) electrons. The number of hydrogen-bond donors (Lipinski definition) is 2. The molecule has 0 aliphatic heterocycles. The van der Waals surface area contributed by atoms with E-state index in [9.17, 15) is 4.79 Å². The van der Waals surface area contributed by atoms with E-state index in [-0.39, 0.29) is 5.91 Å². The highest BCUT2D eigenvalue weighted by molar-refractivity contribution is 5.78. The first-order valence-electron chi connectivity index (χ1n) is 7.12. The molecule has 1 aliphatic carbocycles.